The molecule has 3 N–H and O–H groups in total. The molecule has 2 heteroatoms. The molecule has 100 valence electrons. The van der Waals surface area contributed by atoms with E-state index < -0.39 is 5.41 Å². The number of aliphatic hydroxyl groups excluding tert-OH is 1. The van der Waals surface area contributed by atoms with Gasteiger partial charge in [-0.25, -0.2) is 0 Å². The summed E-state index contributed by atoms with van der Waals surface area (Å²) < 4.78 is 0. The van der Waals surface area contributed by atoms with Gasteiger partial charge in [0.05, 0.1) is 6.61 Å². The highest BCUT2D eigenvalue weighted by Crippen LogP contribution is 2.29. The van der Waals surface area contributed by atoms with Crippen molar-refractivity contribution in [1.29, 1.82) is 0 Å². The smallest absolute Gasteiger partial charge is 0.0543 e. The normalized spacial score (nSPS) is 14.1. The summed E-state index contributed by atoms with van der Waals surface area (Å²) in [5.74, 6) is 0. The molecule has 0 saturated heterocycles. The lowest BCUT2D eigenvalue weighted by molar-refractivity contribution is 0.195. The molecule has 0 fully saturated rings. The Bertz CT molecular complexity index is 518. The van der Waals surface area contributed by atoms with Crippen molar-refractivity contribution in [3.05, 3.63) is 71.3 Å². The largest absolute Gasteiger partial charge is 0.395 e. The molecule has 0 saturated carbocycles. The van der Waals surface area contributed by atoms with Crippen LogP contribution in [0, 0.1) is 6.92 Å². The van der Waals surface area contributed by atoms with Gasteiger partial charge >= 0.3 is 0 Å². The molecule has 0 aliphatic carbocycles. The Kier molecular flexibility index (Phi) is 4.35. The van der Waals surface area contributed by atoms with Crippen LogP contribution in [-0.4, -0.2) is 18.3 Å². The number of benzene rings is 2. The third-order valence-corrected chi connectivity index (χ3v) is 3.80. The van der Waals surface area contributed by atoms with Crippen LogP contribution in [0.15, 0.2) is 54.6 Å². The molecule has 0 radical (unpaired) electrons. The molecule has 1 unspecified atom stereocenters. The lowest BCUT2D eigenvalue weighted by atomic mass is 9.74. The van der Waals surface area contributed by atoms with Crippen LogP contribution in [0.4, 0.5) is 0 Å². The summed E-state index contributed by atoms with van der Waals surface area (Å²) in [4.78, 5) is 0. The van der Waals surface area contributed by atoms with E-state index in [-0.39, 0.29) is 6.61 Å². The third-order valence-electron chi connectivity index (χ3n) is 3.80. The molecule has 0 heterocycles. The van der Waals surface area contributed by atoms with Crippen molar-refractivity contribution in [2.45, 2.75) is 18.8 Å². The van der Waals surface area contributed by atoms with Gasteiger partial charge in [-0.05, 0) is 30.0 Å². The predicted molar refractivity (Wildman–Crippen MR) is 79.1 cm³/mol. The number of hydrogen-bond donors (Lipinski definition) is 2. The molecule has 2 rings (SSSR count). The van der Waals surface area contributed by atoms with E-state index in [0.717, 1.165) is 12.0 Å². The molecule has 2 aromatic rings. The summed E-state index contributed by atoms with van der Waals surface area (Å²) in [6.07, 6.45) is 0.756. The van der Waals surface area contributed by atoms with Gasteiger partial charge in [0.2, 0.25) is 0 Å². The van der Waals surface area contributed by atoms with Gasteiger partial charge in [-0.1, -0.05) is 54.6 Å². The van der Waals surface area contributed by atoms with Crippen molar-refractivity contribution >= 4 is 0 Å². The molecule has 0 aliphatic heterocycles. The first-order valence-electron chi connectivity index (χ1n) is 6.63. The fraction of sp³-hybridized carbons (Fsp3) is 0.294. The molecule has 0 spiro atoms. The van der Waals surface area contributed by atoms with Gasteiger partial charge in [0.15, 0.2) is 0 Å². The Morgan fingerprint density at radius 3 is 2.21 bits per heavy atom. The average Bonchev–Trinajstić information content (AvgIpc) is 2.47. The minimum Gasteiger partial charge on any atom is -0.395 e. The molecule has 0 bridgehead atoms. The van der Waals surface area contributed by atoms with Gasteiger partial charge in [0.1, 0.15) is 0 Å². The van der Waals surface area contributed by atoms with Crippen molar-refractivity contribution in [2.24, 2.45) is 5.73 Å². The molecule has 2 nitrogen and oxygen atoms in total. The topological polar surface area (TPSA) is 46.2 Å². The molecule has 0 aromatic heterocycles. The summed E-state index contributed by atoms with van der Waals surface area (Å²) in [5, 5.41) is 9.94. The summed E-state index contributed by atoms with van der Waals surface area (Å²) in [6.45, 7) is 2.56. The summed E-state index contributed by atoms with van der Waals surface area (Å²) in [7, 11) is 0. The van der Waals surface area contributed by atoms with Crippen LogP contribution in [0.25, 0.3) is 0 Å². The fourth-order valence-corrected chi connectivity index (χ4v) is 2.64. The number of nitrogens with two attached hydrogens (primary N) is 1. The number of aryl methyl sites for hydroxylation is 1. The van der Waals surface area contributed by atoms with Crippen molar-refractivity contribution in [1.82, 2.24) is 0 Å². The first-order valence-corrected chi connectivity index (χ1v) is 6.63. The monoisotopic (exact) mass is 255 g/mol. The van der Waals surface area contributed by atoms with E-state index in [1.807, 2.05) is 30.3 Å². The van der Waals surface area contributed by atoms with Crippen LogP contribution in [-0.2, 0) is 11.8 Å². The maximum atomic E-state index is 9.94. The zero-order valence-corrected chi connectivity index (χ0v) is 11.3. The second-order valence-electron chi connectivity index (χ2n) is 5.12. The zero-order chi connectivity index (χ0) is 13.7. The SMILES string of the molecule is Cc1ccccc1C(CN)(CO)Cc1ccccc1. The van der Waals surface area contributed by atoms with Crippen LogP contribution in [0.3, 0.4) is 0 Å². The van der Waals surface area contributed by atoms with Crippen molar-refractivity contribution < 1.29 is 5.11 Å². The number of hydrogen-bond acceptors (Lipinski definition) is 2. The number of rotatable bonds is 5. The van der Waals surface area contributed by atoms with E-state index in [1.54, 1.807) is 0 Å². The van der Waals surface area contributed by atoms with Gasteiger partial charge in [0.25, 0.3) is 0 Å². The minimum absolute atomic E-state index is 0.0588. The van der Waals surface area contributed by atoms with E-state index in [9.17, 15) is 5.11 Å². The summed E-state index contributed by atoms with van der Waals surface area (Å²) in [5.41, 5.74) is 9.13. The van der Waals surface area contributed by atoms with Gasteiger partial charge in [-0.2, -0.15) is 0 Å². The Balaban J connectivity index is 2.41. The van der Waals surface area contributed by atoms with Crippen LogP contribution in [0.5, 0.6) is 0 Å². The number of aliphatic hydroxyl groups is 1. The van der Waals surface area contributed by atoms with E-state index in [0.29, 0.717) is 6.54 Å². The van der Waals surface area contributed by atoms with Gasteiger partial charge < -0.3 is 10.8 Å². The molecule has 2 aromatic carbocycles. The Labute approximate surface area is 114 Å². The highest BCUT2D eigenvalue weighted by atomic mass is 16.3. The highest BCUT2D eigenvalue weighted by Gasteiger charge is 2.31. The molecular weight excluding hydrogens is 234 g/mol. The Morgan fingerprint density at radius 2 is 1.63 bits per heavy atom. The van der Waals surface area contributed by atoms with Crippen molar-refractivity contribution in [2.75, 3.05) is 13.2 Å². The average molecular weight is 255 g/mol. The molecule has 0 amide bonds. The van der Waals surface area contributed by atoms with E-state index in [1.165, 1.54) is 11.1 Å². The van der Waals surface area contributed by atoms with Crippen molar-refractivity contribution in [3.8, 4) is 0 Å². The lowest BCUT2D eigenvalue weighted by Crippen LogP contribution is -2.41. The lowest BCUT2D eigenvalue weighted by Gasteiger charge is -2.32. The first-order chi connectivity index (χ1) is 9.22. The molecule has 0 aliphatic rings. The Hall–Kier alpha value is -1.64. The highest BCUT2D eigenvalue weighted by molar-refractivity contribution is 5.36. The minimum atomic E-state index is -0.396. The molecular formula is C17H21NO. The predicted octanol–water partition coefficient (Wildman–Crippen LogP) is 2.43. The maximum Gasteiger partial charge on any atom is 0.0543 e. The fourth-order valence-electron chi connectivity index (χ4n) is 2.64. The summed E-state index contributed by atoms with van der Waals surface area (Å²) >= 11 is 0. The zero-order valence-electron chi connectivity index (χ0n) is 11.3. The van der Waals surface area contributed by atoms with E-state index in [4.69, 9.17) is 5.73 Å². The van der Waals surface area contributed by atoms with E-state index >= 15 is 0 Å². The van der Waals surface area contributed by atoms with Crippen LogP contribution >= 0.6 is 0 Å². The summed E-state index contributed by atoms with van der Waals surface area (Å²) in [6, 6.07) is 18.4. The standard InChI is InChI=1S/C17H21NO/c1-14-7-5-6-10-16(14)17(12-18,13-19)11-15-8-3-2-4-9-15/h2-10,19H,11-13,18H2,1H3. The van der Waals surface area contributed by atoms with E-state index in [2.05, 4.69) is 31.2 Å². The molecule has 19 heavy (non-hydrogen) atoms. The second-order valence-corrected chi connectivity index (χ2v) is 5.12. The maximum absolute atomic E-state index is 9.94. The van der Waals surface area contributed by atoms with Crippen LogP contribution < -0.4 is 5.73 Å². The van der Waals surface area contributed by atoms with Gasteiger partial charge in [-0.3, -0.25) is 0 Å². The second kappa shape index (κ2) is 6.00. The van der Waals surface area contributed by atoms with Crippen molar-refractivity contribution in [3.63, 3.8) is 0 Å². The van der Waals surface area contributed by atoms with Crippen LogP contribution in [0.1, 0.15) is 16.7 Å². The quantitative estimate of drug-likeness (QED) is 0.862. The molecule has 1 atom stereocenters. The third kappa shape index (κ3) is 2.86. The first kappa shape index (κ1) is 13.8. The van der Waals surface area contributed by atoms with Gasteiger partial charge in [-0.15, -0.1) is 0 Å². The Morgan fingerprint density at radius 1 is 1.00 bits per heavy atom. The van der Waals surface area contributed by atoms with Crippen LogP contribution in [0.2, 0.25) is 0 Å². The van der Waals surface area contributed by atoms with Gasteiger partial charge in [0, 0.05) is 12.0 Å².